The summed E-state index contributed by atoms with van der Waals surface area (Å²) in [4.78, 5) is 11.9. The average Bonchev–Trinajstić information content (AvgIpc) is 2.68. The van der Waals surface area contributed by atoms with Gasteiger partial charge in [0.1, 0.15) is 5.75 Å². The van der Waals surface area contributed by atoms with E-state index in [0.29, 0.717) is 5.75 Å². The van der Waals surface area contributed by atoms with Crippen molar-refractivity contribution in [3.05, 3.63) is 88.4 Å². The molecule has 0 bridgehead atoms. The van der Waals surface area contributed by atoms with E-state index in [1.807, 2.05) is 67.6 Å². The summed E-state index contributed by atoms with van der Waals surface area (Å²) < 4.78 is 6.49. The third-order valence-corrected chi connectivity index (χ3v) is 4.41. The molecule has 0 atom stereocenters. The summed E-state index contributed by atoms with van der Waals surface area (Å²) in [6.07, 6.45) is 1.61. The molecule has 0 aliphatic heterocycles. The van der Waals surface area contributed by atoms with Crippen LogP contribution in [0, 0.1) is 6.92 Å². The average molecular weight is 423 g/mol. The second kappa shape index (κ2) is 9.14. The van der Waals surface area contributed by atoms with Crippen molar-refractivity contribution >= 4 is 28.1 Å². The normalized spacial score (nSPS) is 10.7. The zero-order valence-electron chi connectivity index (χ0n) is 14.9. The maximum absolute atomic E-state index is 11.9. The molecule has 0 aliphatic carbocycles. The molecule has 3 aromatic rings. The molecular weight excluding hydrogens is 404 g/mol. The molecule has 1 N–H and O–H groups in total. The van der Waals surface area contributed by atoms with Crippen molar-refractivity contribution in [2.24, 2.45) is 5.10 Å². The second-order valence-corrected chi connectivity index (χ2v) is 6.90. The highest BCUT2D eigenvalue weighted by atomic mass is 79.9. The zero-order chi connectivity index (χ0) is 19.1. The van der Waals surface area contributed by atoms with Crippen LogP contribution in [-0.2, 0) is 4.79 Å². The summed E-state index contributed by atoms with van der Waals surface area (Å²) in [5.41, 5.74) is 6.63. The maximum Gasteiger partial charge on any atom is 0.277 e. The minimum absolute atomic E-state index is 0.0905. The van der Waals surface area contributed by atoms with Crippen LogP contribution in [0.5, 0.6) is 5.75 Å². The Balaban J connectivity index is 1.50. The first-order valence-corrected chi connectivity index (χ1v) is 9.27. The molecular formula is C22H19BrN2O2. The first-order valence-electron chi connectivity index (χ1n) is 8.48. The smallest absolute Gasteiger partial charge is 0.277 e. The van der Waals surface area contributed by atoms with E-state index in [4.69, 9.17) is 4.74 Å². The molecule has 0 saturated carbocycles. The molecule has 3 aromatic carbocycles. The quantitative estimate of drug-likeness (QED) is 0.451. The highest BCUT2D eigenvalue weighted by molar-refractivity contribution is 9.10. The van der Waals surface area contributed by atoms with E-state index in [1.54, 1.807) is 6.21 Å². The fourth-order valence-corrected chi connectivity index (χ4v) is 3.00. The van der Waals surface area contributed by atoms with Crippen LogP contribution >= 0.6 is 15.9 Å². The minimum atomic E-state index is -0.311. The summed E-state index contributed by atoms with van der Waals surface area (Å²) in [7, 11) is 0. The molecule has 4 nitrogen and oxygen atoms in total. The predicted molar refractivity (Wildman–Crippen MR) is 112 cm³/mol. The van der Waals surface area contributed by atoms with Gasteiger partial charge in [-0.05, 0) is 47.4 Å². The number of amides is 1. The Bertz CT molecular complexity index is 938. The Morgan fingerprint density at radius 3 is 2.44 bits per heavy atom. The van der Waals surface area contributed by atoms with E-state index < -0.39 is 0 Å². The standard InChI is InChI=1S/C22H19BrN2O2/c1-16-13-20(23)11-12-21(16)27-15-22(26)25-24-14-17-7-9-19(10-8-17)18-5-3-2-4-6-18/h2-14H,15H2,1H3,(H,25,26). The molecule has 0 radical (unpaired) electrons. The van der Waals surface area contributed by atoms with Gasteiger partial charge in [-0.25, -0.2) is 5.43 Å². The van der Waals surface area contributed by atoms with E-state index in [2.05, 4.69) is 38.6 Å². The summed E-state index contributed by atoms with van der Waals surface area (Å²) in [5, 5.41) is 3.98. The number of ether oxygens (including phenoxy) is 1. The van der Waals surface area contributed by atoms with Gasteiger partial charge >= 0.3 is 0 Å². The van der Waals surface area contributed by atoms with Crippen LogP contribution in [0.2, 0.25) is 0 Å². The SMILES string of the molecule is Cc1cc(Br)ccc1OCC(=O)NN=Cc1ccc(-c2ccccc2)cc1. The summed E-state index contributed by atoms with van der Waals surface area (Å²) in [6.45, 7) is 1.84. The van der Waals surface area contributed by atoms with Crippen molar-refractivity contribution < 1.29 is 9.53 Å². The number of nitrogens with one attached hydrogen (secondary N) is 1. The lowest BCUT2D eigenvalue weighted by Crippen LogP contribution is -2.24. The molecule has 5 heteroatoms. The summed E-state index contributed by atoms with van der Waals surface area (Å²) in [6, 6.07) is 23.7. The number of hydrogen-bond donors (Lipinski definition) is 1. The molecule has 0 spiro atoms. The third kappa shape index (κ3) is 5.53. The van der Waals surface area contributed by atoms with Crippen molar-refractivity contribution in [1.82, 2.24) is 5.43 Å². The Morgan fingerprint density at radius 1 is 1.04 bits per heavy atom. The number of carbonyl (C=O) groups excluding carboxylic acids is 1. The van der Waals surface area contributed by atoms with Crippen LogP contribution in [0.1, 0.15) is 11.1 Å². The number of rotatable bonds is 6. The first-order chi connectivity index (χ1) is 13.1. The number of halogens is 1. The molecule has 1 amide bonds. The Labute approximate surface area is 167 Å². The van der Waals surface area contributed by atoms with E-state index in [1.165, 1.54) is 0 Å². The van der Waals surface area contributed by atoms with Crippen molar-refractivity contribution in [1.29, 1.82) is 0 Å². The molecule has 0 unspecified atom stereocenters. The first kappa shape index (κ1) is 18.9. The van der Waals surface area contributed by atoms with Gasteiger partial charge in [-0.1, -0.05) is 70.5 Å². The highest BCUT2D eigenvalue weighted by Crippen LogP contribution is 2.22. The Morgan fingerprint density at radius 2 is 1.74 bits per heavy atom. The molecule has 3 rings (SSSR count). The summed E-state index contributed by atoms with van der Waals surface area (Å²) >= 11 is 3.40. The van der Waals surface area contributed by atoms with E-state index >= 15 is 0 Å². The van der Waals surface area contributed by atoms with Crippen molar-refractivity contribution in [2.45, 2.75) is 6.92 Å². The van der Waals surface area contributed by atoms with Gasteiger partial charge in [0.25, 0.3) is 5.91 Å². The molecule has 0 heterocycles. The number of hydrazone groups is 1. The van der Waals surface area contributed by atoms with Crippen LogP contribution in [0.4, 0.5) is 0 Å². The monoisotopic (exact) mass is 422 g/mol. The van der Waals surface area contributed by atoms with Gasteiger partial charge in [0.15, 0.2) is 6.61 Å². The number of aryl methyl sites for hydroxylation is 1. The fraction of sp³-hybridized carbons (Fsp3) is 0.0909. The zero-order valence-corrected chi connectivity index (χ0v) is 16.4. The Kier molecular flexibility index (Phi) is 6.39. The van der Waals surface area contributed by atoms with Gasteiger partial charge in [0, 0.05) is 4.47 Å². The second-order valence-electron chi connectivity index (χ2n) is 5.98. The number of hydrogen-bond acceptors (Lipinski definition) is 3. The van der Waals surface area contributed by atoms with Gasteiger partial charge in [0.2, 0.25) is 0 Å². The molecule has 27 heavy (non-hydrogen) atoms. The number of nitrogens with zero attached hydrogens (tertiary/aromatic N) is 1. The largest absolute Gasteiger partial charge is 0.483 e. The van der Waals surface area contributed by atoms with Crippen LogP contribution in [0.25, 0.3) is 11.1 Å². The summed E-state index contributed by atoms with van der Waals surface area (Å²) in [5.74, 6) is 0.364. The van der Waals surface area contributed by atoms with Crippen LogP contribution in [0.15, 0.2) is 82.4 Å². The van der Waals surface area contributed by atoms with Crippen molar-refractivity contribution in [3.8, 4) is 16.9 Å². The molecule has 0 saturated heterocycles. The van der Waals surface area contributed by atoms with Crippen molar-refractivity contribution in [2.75, 3.05) is 6.61 Å². The van der Waals surface area contributed by atoms with Crippen LogP contribution in [-0.4, -0.2) is 18.7 Å². The topological polar surface area (TPSA) is 50.7 Å². The van der Waals surface area contributed by atoms with Gasteiger partial charge < -0.3 is 4.74 Å². The van der Waals surface area contributed by atoms with E-state index in [9.17, 15) is 4.79 Å². The lowest BCUT2D eigenvalue weighted by molar-refractivity contribution is -0.123. The van der Waals surface area contributed by atoms with Gasteiger partial charge in [0.05, 0.1) is 6.21 Å². The lowest BCUT2D eigenvalue weighted by Gasteiger charge is -2.08. The van der Waals surface area contributed by atoms with Crippen LogP contribution < -0.4 is 10.2 Å². The van der Waals surface area contributed by atoms with Gasteiger partial charge in [-0.3, -0.25) is 4.79 Å². The minimum Gasteiger partial charge on any atom is -0.483 e. The van der Waals surface area contributed by atoms with Gasteiger partial charge in [-0.15, -0.1) is 0 Å². The Hall–Kier alpha value is -2.92. The predicted octanol–water partition coefficient (Wildman–Crippen LogP) is 4.95. The third-order valence-electron chi connectivity index (χ3n) is 3.92. The maximum atomic E-state index is 11.9. The molecule has 0 fully saturated rings. The molecule has 0 aliphatic rings. The van der Waals surface area contributed by atoms with Crippen molar-refractivity contribution in [3.63, 3.8) is 0 Å². The number of carbonyl (C=O) groups is 1. The molecule has 0 aromatic heterocycles. The molecule has 136 valence electrons. The lowest BCUT2D eigenvalue weighted by atomic mass is 10.0. The number of benzene rings is 3. The van der Waals surface area contributed by atoms with E-state index in [0.717, 1.165) is 26.7 Å². The van der Waals surface area contributed by atoms with Crippen LogP contribution in [0.3, 0.4) is 0 Å². The van der Waals surface area contributed by atoms with Gasteiger partial charge in [-0.2, -0.15) is 5.10 Å². The van der Waals surface area contributed by atoms with E-state index in [-0.39, 0.29) is 12.5 Å². The highest BCUT2D eigenvalue weighted by Gasteiger charge is 2.04. The fourth-order valence-electron chi connectivity index (χ4n) is 2.52.